The summed E-state index contributed by atoms with van der Waals surface area (Å²) in [5.74, 6) is 0.537. The van der Waals surface area contributed by atoms with Crippen molar-refractivity contribution in [2.24, 2.45) is 18.7 Å². The molecule has 0 bridgehead atoms. The zero-order chi connectivity index (χ0) is 9.42. The summed E-state index contributed by atoms with van der Waals surface area (Å²) >= 11 is 0. The Hall–Kier alpha value is -1.32. The highest BCUT2D eigenvalue weighted by Gasteiger charge is 2.23. The van der Waals surface area contributed by atoms with Gasteiger partial charge in [0.2, 0.25) is 0 Å². The fourth-order valence-electron chi connectivity index (χ4n) is 1.91. The Morgan fingerprint density at radius 3 is 3.23 bits per heavy atom. The first-order valence-corrected chi connectivity index (χ1v) is 4.52. The van der Waals surface area contributed by atoms with Gasteiger partial charge in [-0.2, -0.15) is 5.10 Å². The van der Waals surface area contributed by atoms with Crippen LogP contribution < -0.4 is 5.73 Å². The second-order valence-corrected chi connectivity index (χ2v) is 3.64. The van der Waals surface area contributed by atoms with Crippen LogP contribution in [0.25, 0.3) is 0 Å². The number of hydrogen-bond acceptors (Lipinski definition) is 2. The minimum absolute atomic E-state index is 0.225. The Kier molecular flexibility index (Phi) is 1.83. The molecule has 0 amide bonds. The summed E-state index contributed by atoms with van der Waals surface area (Å²) in [7, 11) is 1.95. The Morgan fingerprint density at radius 2 is 2.54 bits per heavy atom. The van der Waals surface area contributed by atoms with Crippen molar-refractivity contribution in [3.05, 3.63) is 17.5 Å². The molecule has 0 radical (unpaired) electrons. The first-order valence-electron chi connectivity index (χ1n) is 4.52. The quantitative estimate of drug-likeness (QED) is 0.484. The fraction of sp³-hybridized carbons (Fsp3) is 0.556. The number of amidine groups is 1. The van der Waals surface area contributed by atoms with Gasteiger partial charge in [0, 0.05) is 18.7 Å². The monoisotopic (exact) mass is 178 g/mol. The van der Waals surface area contributed by atoms with Gasteiger partial charge in [0.15, 0.2) is 0 Å². The van der Waals surface area contributed by atoms with Crippen molar-refractivity contribution >= 4 is 5.84 Å². The molecule has 0 aliphatic heterocycles. The van der Waals surface area contributed by atoms with Gasteiger partial charge in [0.05, 0.1) is 12.0 Å². The molecule has 3 N–H and O–H groups in total. The van der Waals surface area contributed by atoms with Crippen LogP contribution in [0.15, 0.2) is 6.20 Å². The van der Waals surface area contributed by atoms with E-state index in [0.29, 0.717) is 5.84 Å². The van der Waals surface area contributed by atoms with Gasteiger partial charge in [0.1, 0.15) is 0 Å². The minimum Gasteiger partial charge on any atom is -0.387 e. The first-order chi connectivity index (χ1) is 6.18. The Balaban J connectivity index is 2.27. The maximum absolute atomic E-state index is 7.40. The van der Waals surface area contributed by atoms with Crippen LogP contribution in [-0.4, -0.2) is 15.6 Å². The van der Waals surface area contributed by atoms with E-state index in [1.54, 1.807) is 0 Å². The number of nitrogens with two attached hydrogens (primary N) is 1. The maximum Gasteiger partial charge on any atom is 0.0941 e. The number of aryl methyl sites for hydroxylation is 2. The van der Waals surface area contributed by atoms with Gasteiger partial charge in [-0.1, -0.05) is 0 Å². The maximum atomic E-state index is 7.40. The molecule has 1 aromatic heterocycles. The van der Waals surface area contributed by atoms with Crippen molar-refractivity contribution in [2.45, 2.75) is 19.3 Å². The molecular formula is C9H14N4. The van der Waals surface area contributed by atoms with Gasteiger partial charge in [-0.05, 0) is 24.8 Å². The van der Waals surface area contributed by atoms with Gasteiger partial charge in [-0.15, -0.1) is 0 Å². The third-order valence-electron chi connectivity index (χ3n) is 2.79. The van der Waals surface area contributed by atoms with E-state index in [9.17, 15) is 0 Å². The van der Waals surface area contributed by atoms with Crippen LogP contribution in [-0.2, 0) is 19.9 Å². The van der Waals surface area contributed by atoms with Crippen molar-refractivity contribution in [3.8, 4) is 0 Å². The Labute approximate surface area is 77.2 Å². The molecule has 0 fully saturated rings. The summed E-state index contributed by atoms with van der Waals surface area (Å²) < 4.78 is 1.89. The summed E-state index contributed by atoms with van der Waals surface area (Å²) in [6.07, 6.45) is 4.80. The predicted octanol–water partition coefficient (Wildman–Crippen LogP) is 0.461. The molecule has 0 unspecified atom stereocenters. The van der Waals surface area contributed by atoms with E-state index in [1.165, 1.54) is 11.3 Å². The predicted molar refractivity (Wildman–Crippen MR) is 50.6 cm³/mol. The minimum atomic E-state index is 0.225. The zero-order valence-corrected chi connectivity index (χ0v) is 7.75. The van der Waals surface area contributed by atoms with Crippen molar-refractivity contribution in [2.75, 3.05) is 0 Å². The number of hydrogen-bond donors (Lipinski definition) is 2. The number of rotatable bonds is 1. The molecule has 4 heteroatoms. The van der Waals surface area contributed by atoms with E-state index >= 15 is 0 Å². The molecule has 1 atom stereocenters. The number of nitrogens with zero attached hydrogens (tertiary/aromatic N) is 2. The first kappa shape index (κ1) is 8.29. The Morgan fingerprint density at radius 1 is 1.77 bits per heavy atom. The van der Waals surface area contributed by atoms with Crippen molar-refractivity contribution in [1.29, 1.82) is 5.41 Å². The van der Waals surface area contributed by atoms with Crippen LogP contribution in [0.2, 0.25) is 0 Å². The average Bonchev–Trinajstić information content (AvgIpc) is 2.47. The topological polar surface area (TPSA) is 67.7 Å². The van der Waals surface area contributed by atoms with E-state index in [2.05, 4.69) is 5.10 Å². The summed E-state index contributed by atoms with van der Waals surface area (Å²) in [5, 5.41) is 11.6. The van der Waals surface area contributed by atoms with Crippen LogP contribution in [0.1, 0.15) is 17.7 Å². The lowest BCUT2D eigenvalue weighted by atomic mass is 9.87. The third-order valence-corrected chi connectivity index (χ3v) is 2.79. The van der Waals surface area contributed by atoms with Gasteiger partial charge in [-0.3, -0.25) is 10.1 Å². The molecular weight excluding hydrogens is 164 g/mol. The summed E-state index contributed by atoms with van der Waals surface area (Å²) in [4.78, 5) is 0. The second kappa shape index (κ2) is 2.87. The van der Waals surface area contributed by atoms with Crippen LogP contribution in [0.5, 0.6) is 0 Å². The molecule has 70 valence electrons. The summed E-state index contributed by atoms with van der Waals surface area (Å²) in [6.45, 7) is 0. The molecule has 4 nitrogen and oxygen atoms in total. The molecule has 0 saturated heterocycles. The molecule has 1 aliphatic rings. The normalized spacial score (nSPS) is 21.2. The van der Waals surface area contributed by atoms with E-state index in [0.717, 1.165) is 19.3 Å². The third kappa shape index (κ3) is 1.32. The molecule has 0 spiro atoms. The average molecular weight is 178 g/mol. The van der Waals surface area contributed by atoms with Crippen LogP contribution in [0.3, 0.4) is 0 Å². The highest BCUT2D eigenvalue weighted by molar-refractivity contribution is 5.80. The largest absolute Gasteiger partial charge is 0.387 e. The zero-order valence-electron chi connectivity index (χ0n) is 7.75. The van der Waals surface area contributed by atoms with E-state index in [1.807, 2.05) is 17.9 Å². The van der Waals surface area contributed by atoms with E-state index in [-0.39, 0.29) is 5.92 Å². The number of fused-ring (bicyclic) bond motifs is 1. The lowest BCUT2D eigenvalue weighted by Gasteiger charge is -2.21. The lowest BCUT2D eigenvalue weighted by Crippen LogP contribution is -2.28. The molecule has 0 saturated carbocycles. The second-order valence-electron chi connectivity index (χ2n) is 3.64. The van der Waals surface area contributed by atoms with Crippen molar-refractivity contribution < 1.29 is 0 Å². The molecule has 13 heavy (non-hydrogen) atoms. The SMILES string of the molecule is Cn1ncc2c1C[C@H](C(=N)N)CC2. The number of aromatic nitrogens is 2. The van der Waals surface area contributed by atoms with E-state index in [4.69, 9.17) is 11.1 Å². The van der Waals surface area contributed by atoms with Gasteiger partial charge >= 0.3 is 0 Å². The van der Waals surface area contributed by atoms with Gasteiger partial charge < -0.3 is 5.73 Å². The highest BCUT2D eigenvalue weighted by atomic mass is 15.3. The molecule has 1 aromatic rings. The van der Waals surface area contributed by atoms with Crippen molar-refractivity contribution in [1.82, 2.24) is 9.78 Å². The highest BCUT2D eigenvalue weighted by Crippen LogP contribution is 2.24. The lowest BCUT2D eigenvalue weighted by molar-refractivity contribution is 0.546. The van der Waals surface area contributed by atoms with Crippen molar-refractivity contribution in [3.63, 3.8) is 0 Å². The Bertz CT molecular complexity index is 339. The molecule has 1 heterocycles. The van der Waals surface area contributed by atoms with Gasteiger partial charge in [0.25, 0.3) is 0 Å². The van der Waals surface area contributed by atoms with Crippen LogP contribution in [0, 0.1) is 11.3 Å². The number of nitrogens with one attached hydrogen (secondary N) is 1. The molecule has 0 aromatic carbocycles. The van der Waals surface area contributed by atoms with Crippen LogP contribution in [0.4, 0.5) is 0 Å². The molecule has 2 rings (SSSR count). The molecule has 1 aliphatic carbocycles. The standard InChI is InChI=1S/C9H14N4/c1-13-8-4-6(9(10)11)2-3-7(8)5-12-13/h5-6H,2-4H2,1H3,(H3,10,11)/t6-/m1/s1. The van der Waals surface area contributed by atoms with Crippen LogP contribution >= 0.6 is 0 Å². The summed E-state index contributed by atoms with van der Waals surface area (Å²) in [6, 6.07) is 0. The van der Waals surface area contributed by atoms with Gasteiger partial charge in [-0.25, -0.2) is 0 Å². The van der Waals surface area contributed by atoms with E-state index < -0.39 is 0 Å². The smallest absolute Gasteiger partial charge is 0.0941 e. The summed E-state index contributed by atoms with van der Waals surface area (Å²) in [5.41, 5.74) is 8.06. The fourth-order valence-corrected chi connectivity index (χ4v) is 1.91.